The molecule has 1 aliphatic rings. The third-order valence-electron chi connectivity index (χ3n) is 3.32. The Bertz CT molecular complexity index is 384. The van der Waals surface area contributed by atoms with Gasteiger partial charge in [0.25, 0.3) is 6.43 Å². The van der Waals surface area contributed by atoms with E-state index in [1.807, 2.05) is 13.0 Å². The Morgan fingerprint density at radius 2 is 2.06 bits per heavy atom. The molecule has 0 unspecified atom stereocenters. The summed E-state index contributed by atoms with van der Waals surface area (Å²) in [6.07, 6.45) is 1.16. The molecule has 0 atom stereocenters. The maximum absolute atomic E-state index is 12.8. The van der Waals surface area contributed by atoms with Crippen molar-refractivity contribution in [2.45, 2.75) is 44.6 Å². The minimum atomic E-state index is -2.39. The van der Waals surface area contributed by atoms with Crippen LogP contribution >= 0.6 is 0 Å². The fourth-order valence-corrected chi connectivity index (χ4v) is 1.96. The van der Waals surface area contributed by atoms with Crippen LogP contribution in [0.3, 0.4) is 0 Å². The van der Waals surface area contributed by atoms with Gasteiger partial charge in [-0.15, -0.1) is 0 Å². The monoisotopic (exact) mass is 225 g/mol. The topological polar surface area (TPSA) is 26.0 Å². The summed E-state index contributed by atoms with van der Waals surface area (Å²) in [5.41, 5.74) is 7.85. The molecule has 3 heteroatoms. The zero-order chi connectivity index (χ0) is 11.8. The highest BCUT2D eigenvalue weighted by atomic mass is 19.3. The van der Waals surface area contributed by atoms with Crippen LogP contribution in [0.25, 0.3) is 0 Å². The van der Waals surface area contributed by atoms with Gasteiger partial charge < -0.3 is 5.73 Å². The maximum Gasteiger partial charge on any atom is 0.264 e. The van der Waals surface area contributed by atoms with Crippen LogP contribution in [0.1, 0.15) is 42.4 Å². The molecule has 1 aromatic rings. The SMILES string of the molecule is Cc1ccc(C(F)F)c(CCC2(N)CC2)c1. The van der Waals surface area contributed by atoms with Crippen molar-refractivity contribution < 1.29 is 8.78 Å². The van der Waals surface area contributed by atoms with Gasteiger partial charge in [-0.25, -0.2) is 8.78 Å². The van der Waals surface area contributed by atoms with Crippen LogP contribution in [0.2, 0.25) is 0 Å². The van der Waals surface area contributed by atoms with E-state index >= 15 is 0 Å². The number of nitrogens with two attached hydrogens (primary N) is 1. The van der Waals surface area contributed by atoms with Gasteiger partial charge in [0.1, 0.15) is 0 Å². The van der Waals surface area contributed by atoms with Gasteiger partial charge in [-0.05, 0) is 38.2 Å². The van der Waals surface area contributed by atoms with Gasteiger partial charge in [-0.1, -0.05) is 23.8 Å². The molecule has 2 rings (SSSR count). The van der Waals surface area contributed by atoms with Crippen LogP contribution in [0.15, 0.2) is 18.2 Å². The Morgan fingerprint density at radius 3 is 2.62 bits per heavy atom. The van der Waals surface area contributed by atoms with Crippen molar-refractivity contribution in [3.05, 3.63) is 34.9 Å². The summed E-state index contributed by atoms with van der Waals surface area (Å²) in [6, 6.07) is 5.12. The number of alkyl halides is 2. The Labute approximate surface area is 94.7 Å². The molecule has 0 heterocycles. The van der Waals surface area contributed by atoms with E-state index in [2.05, 4.69) is 0 Å². The maximum atomic E-state index is 12.8. The summed E-state index contributed by atoms with van der Waals surface area (Å²) < 4.78 is 25.5. The molecule has 0 amide bonds. The Hall–Kier alpha value is -0.960. The van der Waals surface area contributed by atoms with E-state index in [1.165, 1.54) is 6.07 Å². The first-order chi connectivity index (χ1) is 7.50. The van der Waals surface area contributed by atoms with Crippen LogP contribution in [0, 0.1) is 6.92 Å². The molecule has 0 radical (unpaired) electrons. The molecule has 0 aliphatic heterocycles. The standard InChI is InChI=1S/C13H17F2N/c1-9-2-3-11(12(14)15)10(8-9)4-5-13(16)6-7-13/h2-3,8,12H,4-7,16H2,1H3. The van der Waals surface area contributed by atoms with Crippen molar-refractivity contribution in [1.29, 1.82) is 0 Å². The van der Waals surface area contributed by atoms with Gasteiger partial charge in [0.05, 0.1) is 0 Å². The van der Waals surface area contributed by atoms with Crippen LogP contribution in [0.4, 0.5) is 8.78 Å². The van der Waals surface area contributed by atoms with Gasteiger partial charge >= 0.3 is 0 Å². The molecule has 0 bridgehead atoms. The van der Waals surface area contributed by atoms with Crippen molar-refractivity contribution in [3.63, 3.8) is 0 Å². The first-order valence-corrected chi connectivity index (χ1v) is 5.67. The number of rotatable bonds is 4. The quantitative estimate of drug-likeness (QED) is 0.835. The van der Waals surface area contributed by atoms with E-state index in [4.69, 9.17) is 5.73 Å². The van der Waals surface area contributed by atoms with E-state index in [1.54, 1.807) is 6.07 Å². The first-order valence-electron chi connectivity index (χ1n) is 5.67. The van der Waals surface area contributed by atoms with Crippen molar-refractivity contribution >= 4 is 0 Å². The predicted molar refractivity (Wildman–Crippen MR) is 60.6 cm³/mol. The fraction of sp³-hybridized carbons (Fsp3) is 0.538. The summed E-state index contributed by atoms with van der Waals surface area (Å²) >= 11 is 0. The molecular weight excluding hydrogens is 208 g/mol. The third kappa shape index (κ3) is 2.59. The second kappa shape index (κ2) is 4.13. The lowest BCUT2D eigenvalue weighted by Crippen LogP contribution is -2.22. The molecule has 16 heavy (non-hydrogen) atoms. The second-order valence-corrected chi connectivity index (χ2v) is 4.87. The summed E-state index contributed by atoms with van der Waals surface area (Å²) in [7, 11) is 0. The molecule has 1 aliphatic carbocycles. The molecule has 0 spiro atoms. The predicted octanol–water partition coefficient (Wildman–Crippen LogP) is 3.36. The van der Waals surface area contributed by atoms with Gasteiger partial charge in [-0.2, -0.15) is 0 Å². The number of benzene rings is 1. The van der Waals surface area contributed by atoms with Gasteiger partial charge in [0.15, 0.2) is 0 Å². The highest BCUT2D eigenvalue weighted by molar-refractivity contribution is 5.33. The van der Waals surface area contributed by atoms with Crippen molar-refractivity contribution in [2.75, 3.05) is 0 Å². The molecule has 1 saturated carbocycles. The lowest BCUT2D eigenvalue weighted by atomic mass is 9.98. The van der Waals surface area contributed by atoms with E-state index in [-0.39, 0.29) is 11.1 Å². The fourth-order valence-electron chi connectivity index (χ4n) is 1.96. The van der Waals surface area contributed by atoms with Gasteiger partial charge in [-0.3, -0.25) is 0 Å². The molecule has 0 aromatic heterocycles. The van der Waals surface area contributed by atoms with E-state index in [9.17, 15) is 8.78 Å². The third-order valence-corrected chi connectivity index (χ3v) is 3.32. The number of hydrogen-bond donors (Lipinski definition) is 1. The molecule has 2 N–H and O–H groups in total. The molecule has 0 saturated heterocycles. The normalized spacial score (nSPS) is 17.8. The minimum Gasteiger partial charge on any atom is -0.325 e. The van der Waals surface area contributed by atoms with Gasteiger partial charge in [0, 0.05) is 11.1 Å². The zero-order valence-electron chi connectivity index (χ0n) is 9.47. The Morgan fingerprint density at radius 1 is 1.38 bits per heavy atom. The van der Waals surface area contributed by atoms with Crippen LogP contribution in [-0.2, 0) is 6.42 Å². The molecule has 1 nitrogen and oxygen atoms in total. The van der Waals surface area contributed by atoms with Crippen LogP contribution in [0.5, 0.6) is 0 Å². The smallest absolute Gasteiger partial charge is 0.264 e. The zero-order valence-corrected chi connectivity index (χ0v) is 9.47. The van der Waals surface area contributed by atoms with E-state index < -0.39 is 6.43 Å². The summed E-state index contributed by atoms with van der Waals surface area (Å²) in [5, 5.41) is 0. The second-order valence-electron chi connectivity index (χ2n) is 4.87. The average molecular weight is 225 g/mol. The first kappa shape index (κ1) is 11.5. The number of aryl methyl sites for hydroxylation is 2. The Balaban J connectivity index is 2.13. The highest BCUT2D eigenvalue weighted by Crippen LogP contribution is 2.37. The highest BCUT2D eigenvalue weighted by Gasteiger charge is 2.37. The van der Waals surface area contributed by atoms with Crippen LogP contribution < -0.4 is 5.73 Å². The summed E-state index contributed by atoms with van der Waals surface area (Å²) in [4.78, 5) is 0. The molecular formula is C13H17F2N. The van der Waals surface area contributed by atoms with E-state index in [0.29, 0.717) is 6.42 Å². The summed E-state index contributed by atoms with van der Waals surface area (Å²) in [6.45, 7) is 1.92. The largest absolute Gasteiger partial charge is 0.325 e. The van der Waals surface area contributed by atoms with Gasteiger partial charge in [0.2, 0.25) is 0 Å². The number of hydrogen-bond acceptors (Lipinski definition) is 1. The lowest BCUT2D eigenvalue weighted by Gasteiger charge is -2.12. The summed E-state index contributed by atoms with van der Waals surface area (Å²) in [5.74, 6) is 0. The minimum absolute atomic E-state index is 0.0663. The van der Waals surface area contributed by atoms with Crippen molar-refractivity contribution in [1.82, 2.24) is 0 Å². The Kier molecular flexibility index (Phi) is 2.98. The van der Waals surface area contributed by atoms with Crippen molar-refractivity contribution in [2.24, 2.45) is 5.73 Å². The van der Waals surface area contributed by atoms with Crippen molar-refractivity contribution in [3.8, 4) is 0 Å². The molecule has 1 fully saturated rings. The van der Waals surface area contributed by atoms with Crippen LogP contribution in [-0.4, -0.2) is 5.54 Å². The van der Waals surface area contributed by atoms with E-state index in [0.717, 1.165) is 30.4 Å². The molecule has 1 aromatic carbocycles. The molecule has 88 valence electrons. The average Bonchev–Trinajstić information content (AvgIpc) is 2.94. The number of halogens is 2. The lowest BCUT2D eigenvalue weighted by molar-refractivity contribution is 0.150.